The first kappa shape index (κ1) is 11.8. The Morgan fingerprint density at radius 2 is 2.32 bits per heavy atom. The number of rotatable bonds is 2. The Bertz CT molecular complexity index is 619. The molecule has 1 aliphatic rings. The monoisotopic (exact) mass is 258 g/mol. The molecule has 2 heterocycles. The quantitative estimate of drug-likeness (QED) is 0.838. The average Bonchev–Trinajstić information content (AvgIpc) is 2.77. The molecule has 5 heteroatoms. The molecular formula is C14H14N2O3. The maximum Gasteiger partial charge on any atom is 0.394 e. The van der Waals surface area contributed by atoms with Crippen LogP contribution in [0.4, 0.5) is 5.69 Å². The molecule has 0 aliphatic carbocycles. The molecule has 98 valence electrons. The van der Waals surface area contributed by atoms with E-state index in [4.69, 9.17) is 9.15 Å². The van der Waals surface area contributed by atoms with Crippen LogP contribution in [0.25, 0.3) is 11.3 Å². The Hall–Kier alpha value is -2.30. The number of hydrogen-bond acceptors (Lipinski definition) is 5. The number of carbonyl (C=O) groups is 1. The molecular weight excluding hydrogens is 244 g/mol. The van der Waals surface area contributed by atoms with Crippen LogP contribution in [0, 0.1) is 0 Å². The second-order valence-corrected chi connectivity index (χ2v) is 4.24. The first-order valence-electron chi connectivity index (χ1n) is 6.29. The van der Waals surface area contributed by atoms with Crippen molar-refractivity contribution in [2.75, 3.05) is 18.5 Å². The fraction of sp³-hybridized carbons (Fsp3) is 0.286. The van der Waals surface area contributed by atoms with Crippen molar-refractivity contribution < 1.29 is 13.9 Å². The number of ether oxygens (including phenoxy) is 1. The smallest absolute Gasteiger partial charge is 0.394 e. The highest BCUT2D eigenvalue weighted by molar-refractivity contribution is 5.86. The van der Waals surface area contributed by atoms with Gasteiger partial charge in [-0.05, 0) is 19.1 Å². The van der Waals surface area contributed by atoms with E-state index in [2.05, 4.69) is 10.3 Å². The largest absolute Gasteiger partial charge is 0.459 e. The van der Waals surface area contributed by atoms with E-state index in [-0.39, 0.29) is 5.89 Å². The summed E-state index contributed by atoms with van der Waals surface area (Å²) in [6.45, 7) is 2.83. The van der Waals surface area contributed by atoms with Gasteiger partial charge in [-0.1, -0.05) is 12.1 Å². The maximum atomic E-state index is 11.7. The summed E-state index contributed by atoms with van der Waals surface area (Å²) >= 11 is 0. The molecule has 0 atom stereocenters. The minimum atomic E-state index is -0.513. The molecule has 0 fully saturated rings. The molecule has 0 unspecified atom stereocenters. The first-order chi connectivity index (χ1) is 9.29. The number of para-hydroxylation sites is 1. The van der Waals surface area contributed by atoms with E-state index in [1.54, 1.807) is 6.92 Å². The van der Waals surface area contributed by atoms with Gasteiger partial charge in [0, 0.05) is 24.2 Å². The SMILES string of the molecule is CCOC(=O)c1nc2c(o1)-c1ccccc1NCC2. The highest BCUT2D eigenvalue weighted by Gasteiger charge is 2.23. The van der Waals surface area contributed by atoms with Gasteiger partial charge in [-0.2, -0.15) is 0 Å². The van der Waals surface area contributed by atoms with E-state index in [1.807, 2.05) is 24.3 Å². The molecule has 3 rings (SSSR count). The molecule has 5 nitrogen and oxygen atoms in total. The van der Waals surface area contributed by atoms with Crippen molar-refractivity contribution in [3.05, 3.63) is 35.9 Å². The Labute approximate surface area is 110 Å². The molecule has 0 saturated heterocycles. The molecule has 1 N–H and O–H groups in total. The Morgan fingerprint density at radius 1 is 1.47 bits per heavy atom. The number of hydrogen-bond donors (Lipinski definition) is 1. The highest BCUT2D eigenvalue weighted by atomic mass is 16.5. The molecule has 1 aromatic heterocycles. The van der Waals surface area contributed by atoms with Crippen LogP contribution in [0.15, 0.2) is 28.7 Å². The highest BCUT2D eigenvalue weighted by Crippen LogP contribution is 2.33. The lowest BCUT2D eigenvalue weighted by molar-refractivity contribution is 0.0481. The second kappa shape index (κ2) is 4.76. The molecule has 2 aromatic rings. The van der Waals surface area contributed by atoms with Crippen LogP contribution in [0.3, 0.4) is 0 Å². The van der Waals surface area contributed by atoms with Crippen molar-refractivity contribution in [1.29, 1.82) is 0 Å². The van der Waals surface area contributed by atoms with Crippen LogP contribution in [0.2, 0.25) is 0 Å². The molecule has 1 aliphatic heterocycles. The third-order valence-electron chi connectivity index (χ3n) is 3.00. The van der Waals surface area contributed by atoms with Crippen molar-refractivity contribution in [3.8, 4) is 11.3 Å². The molecule has 1 aromatic carbocycles. The number of nitrogens with zero attached hydrogens (tertiary/aromatic N) is 1. The summed E-state index contributed by atoms with van der Waals surface area (Å²) in [5, 5.41) is 3.32. The number of aromatic nitrogens is 1. The summed E-state index contributed by atoms with van der Waals surface area (Å²) in [5.41, 5.74) is 2.71. The molecule has 0 bridgehead atoms. The lowest BCUT2D eigenvalue weighted by Crippen LogP contribution is -2.06. The van der Waals surface area contributed by atoms with E-state index in [9.17, 15) is 4.79 Å². The predicted molar refractivity (Wildman–Crippen MR) is 70.1 cm³/mol. The lowest BCUT2D eigenvalue weighted by Gasteiger charge is -2.05. The van der Waals surface area contributed by atoms with Crippen LogP contribution in [0.5, 0.6) is 0 Å². The van der Waals surface area contributed by atoms with Gasteiger partial charge in [0.05, 0.1) is 12.3 Å². The van der Waals surface area contributed by atoms with E-state index < -0.39 is 5.97 Å². The van der Waals surface area contributed by atoms with Gasteiger partial charge in [-0.3, -0.25) is 0 Å². The summed E-state index contributed by atoms with van der Waals surface area (Å²) in [6, 6.07) is 7.82. The van der Waals surface area contributed by atoms with E-state index in [0.717, 1.165) is 23.5 Å². The number of carbonyl (C=O) groups excluding carboxylic acids is 1. The number of anilines is 1. The van der Waals surface area contributed by atoms with Gasteiger partial charge in [0.15, 0.2) is 5.76 Å². The summed E-state index contributed by atoms with van der Waals surface area (Å²) in [4.78, 5) is 15.9. The fourth-order valence-corrected chi connectivity index (χ4v) is 2.16. The Kier molecular flexibility index (Phi) is 2.95. The average molecular weight is 258 g/mol. The lowest BCUT2D eigenvalue weighted by atomic mass is 10.1. The minimum Gasteiger partial charge on any atom is -0.459 e. The van der Waals surface area contributed by atoms with Crippen molar-refractivity contribution in [2.24, 2.45) is 0 Å². The zero-order valence-corrected chi connectivity index (χ0v) is 10.6. The van der Waals surface area contributed by atoms with Crippen LogP contribution in [-0.4, -0.2) is 24.1 Å². The van der Waals surface area contributed by atoms with Crippen LogP contribution in [0.1, 0.15) is 23.3 Å². The van der Waals surface area contributed by atoms with Crippen molar-refractivity contribution in [2.45, 2.75) is 13.3 Å². The number of benzene rings is 1. The van der Waals surface area contributed by atoms with Gasteiger partial charge in [-0.25, -0.2) is 9.78 Å². The standard InChI is InChI=1S/C14H14N2O3/c1-2-18-14(17)13-16-11-7-8-15-10-6-4-3-5-9(10)12(11)19-13/h3-6,15H,2,7-8H2,1H3. The third kappa shape index (κ3) is 2.07. The predicted octanol–water partition coefficient (Wildman–Crippen LogP) is 2.49. The molecule has 19 heavy (non-hydrogen) atoms. The summed E-state index contributed by atoms with van der Waals surface area (Å²) in [5.74, 6) is 0.174. The van der Waals surface area contributed by atoms with Gasteiger partial charge in [0.1, 0.15) is 0 Å². The van der Waals surface area contributed by atoms with Crippen LogP contribution < -0.4 is 5.32 Å². The van der Waals surface area contributed by atoms with Gasteiger partial charge in [0.2, 0.25) is 0 Å². The zero-order valence-electron chi connectivity index (χ0n) is 10.6. The summed E-state index contributed by atoms with van der Waals surface area (Å²) in [6.07, 6.45) is 0.715. The summed E-state index contributed by atoms with van der Waals surface area (Å²) < 4.78 is 10.5. The van der Waals surface area contributed by atoms with E-state index in [1.165, 1.54) is 0 Å². The fourth-order valence-electron chi connectivity index (χ4n) is 2.16. The normalized spacial score (nSPS) is 12.9. The zero-order chi connectivity index (χ0) is 13.2. The van der Waals surface area contributed by atoms with E-state index >= 15 is 0 Å². The van der Waals surface area contributed by atoms with E-state index in [0.29, 0.717) is 18.8 Å². The Balaban J connectivity index is 2.06. The number of fused-ring (bicyclic) bond motifs is 3. The topological polar surface area (TPSA) is 64.4 Å². The third-order valence-corrected chi connectivity index (χ3v) is 3.00. The molecule has 0 saturated carbocycles. The van der Waals surface area contributed by atoms with Gasteiger partial charge in [0.25, 0.3) is 0 Å². The van der Waals surface area contributed by atoms with Crippen LogP contribution in [-0.2, 0) is 11.2 Å². The van der Waals surface area contributed by atoms with Crippen molar-refractivity contribution >= 4 is 11.7 Å². The summed E-state index contributed by atoms with van der Waals surface area (Å²) in [7, 11) is 0. The van der Waals surface area contributed by atoms with Gasteiger partial charge in [-0.15, -0.1) is 0 Å². The first-order valence-corrected chi connectivity index (χ1v) is 6.29. The van der Waals surface area contributed by atoms with Crippen LogP contribution >= 0.6 is 0 Å². The number of nitrogens with one attached hydrogen (secondary N) is 1. The minimum absolute atomic E-state index is 0.0311. The molecule has 0 radical (unpaired) electrons. The maximum absolute atomic E-state index is 11.7. The van der Waals surface area contributed by atoms with Gasteiger partial charge < -0.3 is 14.5 Å². The second-order valence-electron chi connectivity index (χ2n) is 4.24. The molecule has 0 spiro atoms. The number of esters is 1. The van der Waals surface area contributed by atoms with Crippen molar-refractivity contribution in [3.63, 3.8) is 0 Å². The molecule has 0 amide bonds. The number of oxazole rings is 1. The Morgan fingerprint density at radius 3 is 3.16 bits per heavy atom. The van der Waals surface area contributed by atoms with Gasteiger partial charge >= 0.3 is 11.9 Å². The van der Waals surface area contributed by atoms with Crippen molar-refractivity contribution in [1.82, 2.24) is 4.98 Å².